The number of rotatable bonds is 10. The zero-order valence-electron chi connectivity index (χ0n) is 21.0. The van der Waals surface area contributed by atoms with Gasteiger partial charge in [0.05, 0.1) is 23.8 Å². The second-order valence-electron chi connectivity index (χ2n) is 7.91. The molecule has 0 aliphatic carbocycles. The van der Waals surface area contributed by atoms with E-state index < -0.39 is 11.9 Å². The summed E-state index contributed by atoms with van der Waals surface area (Å²) in [4.78, 5) is 42.3. The Kier molecular flexibility index (Phi) is 18.7. The van der Waals surface area contributed by atoms with Crippen LogP contribution in [0.1, 0.15) is 51.9 Å². The smallest absolute Gasteiger partial charge is 0.338 e. The molecule has 9 heteroatoms. The Morgan fingerprint density at radius 1 is 1.00 bits per heavy atom. The fourth-order valence-corrected chi connectivity index (χ4v) is 1.89. The van der Waals surface area contributed by atoms with Crippen LogP contribution in [-0.2, 0) is 23.9 Å². The molecule has 0 amide bonds. The molecule has 3 N–H and O–H groups in total. The Hall–Kier alpha value is -2.62. The minimum absolute atomic E-state index is 0.0231. The van der Waals surface area contributed by atoms with Crippen molar-refractivity contribution < 1.29 is 33.4 Å². The maximum absolute atomic E-state index is 11.6. The molecule has 0 spiro atoms. The summed E-state index contributed by atoms with van der Waals surface area (Å²) in [7, 11) is 3.34. The van der Waals surface area contributed by atoms with Gasteiger partial charge in [0.1, 0.15) is 24.9 Å². The van der Waals surface area contributed by atoms with Gasteiger partial charge in [0.2, 0.25) is 0 Å². The van der Waals surface area contributed by atoms with Crippen molar-refractivity contribution in [3.8, 4) is 5.75 Å². The molecule has 0 fully saturated rings. The largest absolute Gasteiger partial charge is 0.459 e. The summed E-state index contributed by atoms with van der Waals surface area (Å²) < 4.78 is 14.8. The van der Waals surface area contributed by atoms with Gasteiger partial charge in [-0.05, 0) is 50.1 Å². The third kappa shape index (κ3) is 16.6. The van der Waals surface area contributed by atoms with Gasteiger partial charge in [0.15, 0.2) is 0 Å². The fourth-order valence-electron chi connectivity index (χ4n) is 1.89. The molecule has 0 saturated heterocycles. The Labute approximate surface area is 197 Å². The maximum atomic E-state index is 11.6. The van der Waals surface area contributed by atoms with Crippen LogP contribution in [0.15, 0.2) is 24.3 Å². The summed E-state index contributed by atoms with van der Waals surface area (Å²) in [6.07, 6.45) is 1.56. The molecule has 188 valence electrons. The zero-order chi connectivity index (χ0) is 26.0. The molecule has 0 saturated carbocycles. The van der Waals surface area contributed by atoms with E-state index in [2.05, 4.69) is 5.32 Å². The highest BCUT2D eigenvalue weighted by molar-refractivity contribution is 5.89. The van der Waals surface area contributed by atoms with Crippen LogP contribution >= 0.6 is 0 Å². The first-order valence-corrected chi connectivity index (χ1v) is 10.7. The van der Waals surface area contributed by atoms with E-state index in [0.717, 1.165) is 12.6 Å². The van der Waals surface area contributed by atoms with Gasteiger partial charge in [0, 0.05) is 14.0 Å². The van der Waals surface area contributed by atoms with Crippen LogP contribution in [0.25, 0.3) is 0 Å². The minimum Gasteiger partial charge on any atom is -0.459 e. The Morgan fingerprint density at radius 2 is 1.55 bits per heavy atom. The van der Waals surface area contributed by atoms with Gasteiger partial charge in [-0.25, -0.2) is 4.79 Å². The minimum atomic E-state index is -0.437. The first-order chi connectivity index (χ1) is 15.4. The zero-order valence-corrected chi connectivity index (χ0v) is 21.0. The number of nitrogens with two attached hydrogens (primary N) is 1. The van der Waals surface area contributed by atoms with Crippen molar-refractivity contribution >= 4 is 24.5 Å². The number of methoxy groups -OCH3 is 1. The lowest BCUT2D eigenvalue weighted by atomic mass is 10.1. The van der Waals surface area contributed by atoms with Crippen molar-refractivity contribution in [2.24, 2.45) is 17.6 Å². The van der Waals surface area contributed by atoms with Gasteiger partial charge in [0.25, 0.3) is 0 Å². The van der Waals surface area contributed by atoms with Crippen LogP contribution in [0.4, 0.5) is 0 Å². The summed E-state index contributed by atoms with van der Waals surface area (Å²) in [6.45, 7) is 11.2. The number of hydrogen-bond acceptors (Lipinski definition) is 9. The second kappa shape index (κ2) is 18.9. The standard InChI is InChI=1S/C13H16O5.C6H13NO.C5H11NO/c1-9(16-3)8-17-13(15)11-4-6-12(7-5-11)18-10(2)14;1-5(2)6(4-8)7-3;1-4(2)5(6)3-7/h4-7,9H,8H2,1-3H3;4-7H,1-3H3;3-5H,6H2,1-2H3. The van der Waals surface area contributed by atoms with Gasteiger partial charge in [-0.15, -0.1) is 0 Å². The fraction of sp³-hybridized carbons (Fsp3) is 0.583. The average molecular weight is 469 g/mol. The molecule has 1 aromatic carbocycles. The molecule has 0 radical (unpaired) electrons. The predicted molar refractivity (Wildman–Crippen MR) is 127 cm³/mol. The molecule has 1 rings (SSSR count). The molecular formula is C24H40N2O7. The number of benzene rings is 1. The Morgan fingerprint density at radius 3 is 1.82 bits per heavy atom. The molecule has 0 heterocycles. The van der Waals surface area contributed by atoms with Crippen LogP contribution in [0.3, 0.4) is 0 Å². The highest BCUT2D eigenvalue weighted by Gasteiger charge is 2.10. The maximum Gasteiger partial charge on any atom is 0.338 e. The topological polar surface area (TPSA) is 134 Å². The van der Waals surface area contributed by atoms with Gasteiger partial charge < -0.3 is 34.9 Å². The van der Waals surface area contributed by atoms with E-state index in [1.54, 1.807) is 21.1 Å². The molecular weight excluding hydrogens is 428 g/mol. The van der Waals surface area contributed by atoms with E-state index in [4.69, 9.17) is 19.9 Å². The van der Waals surface area contributed by atoms with E-state index in [-0.39, 0.29) is 30.7 Å². The second-order valence-corrected chi connectivity index (χ2v) is 7.91. The molecule has 0 aliphatic heterocycles. The van der Waals surface area contributed by atoms with Crippen molar-refractivity contribution in [1.82, 2.24) is 5.32 Å². The predicted octanol–water partition coefficient (Wildman–Crippen LogP) is 2.40. The van der Waals surface area contributed by atoms with Crippen LogP contribution in [0, 0.1) is 11.8 Å². The lowest BCUT2D eigenvalue weighted by Crippen LogP contribution is -2.31. The van der Waals surface area contributed by atoms with Crippen molar-refractivity contribution in [1.29, 1.82) is 0 Å². The number of esters is 2. The van der Waals surface area contributed by atoms with Crippen molar-refractivity contribution in [2.45, 2.75) is 59.7 Å². The van der Waals surface area contributed by atoms with Crippen molar-refractivity contribution in [3.63, 3.8) is 0 Å². The van der Waals surface area contributed by atoms with Crippen molar-refractivity contribution in [2.75, 3.05) is 20.8 Å². The molecule has 0 bridgehead atoms. The van der Waals surface area contributed by atoms with Gasteiger partial charge in [-0.1, -0.05) is 27.7 Å². The van der Waals surface area contributed by atoms with Crippen LogP contribution in [-0.4, -0.2) is 63.5 Å². The Bertz CT molecular complexity index is 691. The van der Waals surface area contributed by atoms with E-state index >= 15 is 0 Å². The van der Waals surface area contributed by atoms with E-state index in [0.29, 0.717) is 17.2 Å². The van der Waals surface area contributed by atoms with Crippen molar-refractivity contribution in [3.05, 3.63) is 29.8 Å². The molecule has 0 aromatic heterocycles. The summed E-state index contributed by atoms with van der Waals surface area (Å²) in [5, 5.41) is 2.88. The number of likely N-dealkylation sites (N-methyl/N-ethyl adjacent to an activating group) is 1. The number of nitrogens with one attached hydrogen (secondary N) is 1. The van der Waals surface area contributed by atoms with Crippen LogP contribution < -0.4 is 15.8 Å². The molecule has 1 aromatic rings. The third-order valence-electron chi connectivity index (χ3n) is 4.33. The molecule has 9 nitrogen and oxygen atoms in total. The molecule has 3 unspecified atom stereocenters. The summed E-state index contributed by atoms with van der Waals surface area (Å²) in [6, 6.07) is 5.90. The van der Waals surface area contributed by atoms with Crippen LogP contribution in [0.2, 0.25) is 0 Å². The number of carbonyl (C=O) groups is 4. The van der Waals surface area contributed by atoms with Crippen LogP contribution in [0.5, 0.6) is 5.75 Å². The molecule has 0 aliphatic rings. The highest BCUT2D eigenvalue weighted by Crippen LogP contribution is 2.13. The monoisotopic (exact) mass is 468 g/mol. The highest BCUT2D eigenvalue weighted by atomic mass is 16.6. The molecule has 33 heavy (non-hydrogen) atoms. The summed E-state index contributed by atoms with van der Waals surface area (Å²) in [5.41, 5.74) is 5.65. The SMILES string of the molecule is CC(C)C(N)C=O.CNC(C=O)C(C)C.COC(C)COC(=O)c1ccc(OC(C)=O)cc1. The lowest BCUT2D eigenvalue weighted by Gasteiger charge is -2.11. The lowest BCUT2D eigenvalue weighted by molar-refractivity contribution is -0.131. The van der Waals surface area contributed by atoms with E-state index in [1.165, 1.54) is 31.2 Å². The van der Waals surface area contributed by atoms with E-state index in [1.807, 2.05) is 27.7 Å². The normalized spacial score (nSPS) is 12.8. The first-order valence-electron chi connectivity index (χ1n) is 10.7. The summed E-state index contributed by atoms with van der Waals surface area (Å²) in [5.74, 6) is 0.229. The Balaban J connectivity index is 0. The number of ether oxygens (including phenoxy) is 3. The molecule has 3 atom stereocenters. The van der Waals surface area contributed by atoms with Gasteiger partial charge >= 0.3 is 11.9 Å². The number of aldehydes is 2. The third-order valence-corrected chi connectivity index (χ3v) is 4.33. The number of hydrogen-bond donors (Lipinski definition) is 2. The average Bonchev–Trinajstić information content (AvgIpc) is 2.78. The summed E-state index contributed by atoms with van der Waals surface area (Å²) >= 11 is 0. The van der Waals surface area contributed by atoms with Gasteiger partial charge in [-0.2, -0.15) is 0 Å². The first kappa shape index (κ1) is 32.6. The number of carbonyl (C=O) groups excluding carboxylic acids is 4. The van der Waals surface area contributed by atoms with E-state index in [9.17, 15) is 19.2 Å². The van der Waals surface area contributed by atoms with Gasteiger partial charge in [-0.3, -0.25) is 4.79 Å². The quantitative estimate of drug-likeness (QED) is 0.301.